The zero-order chi connectivity index (χ0) is 17.6. The second-order valence-corrected chi connectivity index (χ2v) is 6.11. The summed E-state index contributed by atoms with van der Waals surface area (Å²) in [5, 5.41) is 22.9. The second-order valence-electron chi connectivity index (χ2n) is 5.37. The molecule has 0 unspecified atom stereocenters. The summed E-state index contributed by atoms with van der Waals surface area (Å²) in [5.41, 5.74) is 3.05. The van der Waals surface area contributed by atoms with Gasteiger partial charge in [0.25, 0.3) is 0 Å². The van der Waals surface area contributed by atoms with Crippen LogP contribution in [0.1, 0.15) is 22.3 Å². The van der Waals surface area contributed by atoms with Crippen LogP contribution in [0, 0.1) is 0 Å². The van der Waals surface area contributed by atoms with Crippen molar-refractivity contribution in [2.24, 2.45) is 0 Å². The Morgan fingerprint density at radius 1 is 1.16 bits per heavy atom. The van der Waals surface area contributed by atoms with Gasteiger partial charge < -0.3 is 10.4 Å². The van der Waals surface area contributed by atoms with Gasteiger partial charge >= 0.3 is 5.97 Å². The highest BCUT2D eigenvalue weighted by Gasteiger charge is 2.13. The molecule has 0 bridgehead atoms. The highest BCUT2D eigenvalue weighted by Crippen LogP contribution is 2.21. The molecule has 2 N–H and O–H groups in total. The number of hydrogen-bond acceptors (Lipinski definition) is 5. The fourth-order valence-electron chi connectivity index (χ4n) is 2.32. The molecule has 6 nitrogen and oxygen atoms in total. The van der Waals surface area contributed by atoms with Gasteiger partial charge in [-0.3, -0.25) is 4.79 Å². The number of hydrogen-bond donors (Lipinski definition) is 2. The Labute approximate surface area is 148 Å². The van der Waals surface area contributed by atoms with Gasteiger partial charge in [-0.2, -0.15) is 10.2 Å². The van der Waals surface area contributed by atoms with Gasteiger partial charge in [0.1, 0.15) is 0 Å². The minimum atomic E-state index is -1.05. The summed E-state index contributed by atoms with van der Waals surface area (Å²) in [6, 6.07) is 11.6. The van der Waals surface area contributed by atoms with Crippen LogP contribution in [0.4, 0.5) is 5.69 Å². The van der Waals surface area contributed by atoms with Gasteiger partial charge in [0, 0.05) is 22.7 Å². The van der Waals surface area contributed by atoms with Gasteiger partial charge in [-0.05, 0) is 18.1 Å². The number of rotatable bonds is 6. The van der Waals surface area contributed by atoms with Crippen molar-refractivity contribution >= 4 is 28.9 Å². The second kappa shape index (κ2) is 7.67. The molecule has 0 aliphatic heterocycles. The maximum absolute atomic E-state index is 12.1. The van der Waals surface area contributed by atoms with E-state index in [2.05, 4.69) is 15.5 Å². The summed E-state index contributed by atoms with van der Waals surface area (Å²) < 4.78 is 0. The van der Waals surface area contributed by atoms with E-state index in [1.807, 2.05) is 36.4 Å². The zero-order valence-electron chi connectivity index (χ0n) is 13.2. The lowest BCUT2D eigenvalue weighted by Crippen LogP contribution is -2.14. The molecule has 126 valence electrons. The van der Waals surface area contributed by atoms with Crippen LogP contribution in [0.5, 0.6) is 0 Å². The van der Waals surface area contributed by atoms with E-state index in [0.29, 0.717) is 12.1 Å². The molecule has 25 heavy (non-hydrogen) atoms. The minimum absolute atomic E-state index is 0.107. The van der Waals surface area contributed by atoms with E-state index in [-0.39, 0.29) is 17.9 Å². The number of carbonyl (C=O) groups is 2. The fraction of sp³-hybridized carbons (Fsp3) is 0.111. The SMILES string of the molecule is O=C(CCc1cnnc(-c2ccccc2)c1)Nc1cscc1C(=O)O. The molecule has 3 aromatic rings. The fourth-order valence-corrected chi connectivity index (χ4v) is 3.08. The summed E-state index contributed by atoms with van der Waals surface area (Å²) in [5.74, 6) is -1.29. The third-order valence-corrected chi connectivity index (χ3v) is 4.33. The number of carboxylic acid groups (broad SMARTS) is 1. The van der Waals surface area contributed by atoms with E-state index >= 15 is 0 Å². The largest absolute Gasteiger partial charge is 0.478 e. The van der Waals surface area contributed by atoms with E-state index in [1.165, 1.54) is 16.7 Å². The number of aromatic nitrogens is 2. The van der Waals surface area contributed by atoms with Gasteiger partial charge in [0.05, 0.1) is 23.1 Å². The van der Waals surface area contributed by atoms with Crippen LogP contribution < -0.4 is 5.32 Å². The molecule has 0 aliphatic carbocycles. The summed E-state index contributed by atoms with van der Waals surface area (Å²) >= 11 is 1.24. The Bertz CT molecular complexity index is 893. The number of anilines is 1. The van der Waals surface area contributed by atoms with E-state index < -0.39 is 5.97 Å². The number of carboxylic acids is 1. The van der Waals surface area contributed by atoms with Crippen LogP contribution in [0.2, 0.25) is 0 Å². The minimum Gasteiger partial charge on any atom is -0.478 e. The Balaban J connectivity index is 1.63. The third kappa shape index (κ3) is 4.27. The van der Waals surface area contributed by atoms with E-state index in [0.717, 1.165) is 16.8 Å². The third-order valence-electron chi connectivity index (χ3n) is 3.59. The van der Waals surface area contributed by atoms with Gasteiger partial charge in [-0.1, -0.05) is 30.3 Å². The number of thiophene rings is 1. The zero-order valence-corrected chi connectivity index (χ0v) is 14.0. The molecule has 0 atom stereocenters. The standard InChI is InChI=1S/C18H15N3O3S/c22-17(20-16-11-25-10-14(16)18(23)24)7-6-12-8-15(21-19-9-12)13-4-2-1-3-5-13/h1-5,8-11H,6-7H2,(H,20,22)(H,23,24). The molecule has 0 saturated heterocycles. The Hall–Kier alpha value is -3.06. The van der Waals surface area contributed by atoms with E-state index in [9.17, 15) is 9.59 Å². The van der Waals surface area contributed by atoms with Gasteiger partial charge in [0.15, 0.2) is 0 Å². The van der Waals surface area contributed by atoms with E-state index in [4.69, 9.17) is 5.11 Å². The van der Waals surface area contributed by atoms with Crippen LogP contribution >= 0.6 is 11.3 Å². The van der Waals surface area contributed by atoms with Crippen molar-refractivity contribution in [3.8, 4) is 11.3 Å². The molecular weight excluding hydrogens is 338 g/mol. The Morgan fingerprint density at radius 3 is 2.72 bits per heavy atom. The monoisotopic (exact) mass is 353 g/mol. The first-order chi connectivity index (χ1) is 12.1. The lowest BCUT2D eigenvalue weighted by Gasteiger charge is -2.06. The predicted molar refractivity (Wildman–Crippen MR) is 95.7 cm³/mol. The molecule has 3 rings (SSSR count). The molecular formula is C18H15N3O3S. The lowest BCUT2D eigenvalue weighted by atomic mass is 10.1. The average Bonchev–Trinajstić information content (AvgIpc) is 3.09. The highest BCUT2D eigenvalue weighted by atomic mass is 32.1. The predicted octanol–water partition coefficient (Wildman–Crippen LogP) is 3.47. The Morgan fingerprint density at radius 2 is 1.96 bits per heavy atom. The van der Waals surface area contributed by atoms with Crippen molar-refractivity contribution in [1.82, 2.24) is 10.2 Å². The summed E-state index contributed by atoms with van der Waals surface area (Å²) in [4.78, 5) is 23.1. The van der Waals surface area contributed by atoms with Crippen molar-refractivity contribution in [2.45, 2.75) is 12.8 Å². The molecule has 0 fully saturated rings. The van der Waals surface area contributed by atoms with Crippen LogP contribution in [-0.2, 0) is 11.2 Å². The summed E-state index contributed by atoms with van der Waals surface area (Å²) in [7, 11) is 0. The molecule has 1 aromatic carbocycles. The summed E-state index contributed by atoms with van der Waals surface area (Å²) in [6.45, 7) is 0. The first-order valence-corrected chi connectivity index (χ1v) is 8.54. The number of carbonyl (C=O) groups excluding carboxylic acids is 1. The maximum atomic E-state index is 12.1. The quantitative estimate of drug-likeness (QED) is 0.708. The molecule has 0 spiro atoms. The number of nitrogens with zero attached hydrogens (tertiary/aromatic N) is 2. The van der Waals surface area contributed by atoms with Crippen LogP contribution in [0.3, 0.4) is 0 Å². The van der Waals surface area contributed by atoms with Crippen molar-refractivity contribution in [1.29, 1.82) is 0 Å². The maximum Gasteiger partial charge on any atom is 0.338 e. The lowest BCUT2D eigenvalue weighted by molar-refractivity contribution is -0.116. The van der Waals surface area contributed by atoms with Crippen LogP contribution in [0.15, 0.2) is 53.4 Å². The molecule has 0 radical (unpaired) electrons. The number of aromatic carboxylic acids is 1. The van der Waals surface area contributed by atoms with Crippen molar-refractivity contribution in [3.05, 3.63) is 64.5 Å². The van der Waals surface area contributed by atoms with Gasteiger partial charge in [0.2, 0.25) is 5.91 Å². The first kappa shape index (κ1) is 16.8. The average molecular weight is 353 g/mol. The number of amides is 1. The smallest absolute Gasteiger partial charge is 0.338 e. The number of nitrogens with one attached hydrogen (secondary N) is 1. The van der Waals surface area contributed by atoms with E-state index in [1.54, 1.807) is 11.6 Å². The molecule has 2 aromatic heterocycles. The molecule has 7 heteroatoms. The van der Waals surface area contributed by atoms with Crippen molar-refractivity contribution in [2.75, 3.05) is 5.32 Å². The topological polar surface area (TPSA) is 92.2 Å². The number of aryl methyl sites for hydroxylation is 1. The highest BCUT2D eigenvalue weighted by molar-refractivity contribution is 7.08. The van der Waals surface area contributed by atoms with Gasteiger partial charge in [-0.15, -0.1) is 11.3 Å². The van der Waals surface area contributed by atoms with Gasteiger partial charge in [-0.25, -0.2) is 4.79 Å². The first-order valence-electron chi connectivity index (χ1n) is 7.60. The molecule has 2 heterocycles. The van der Waals surface area contributed by atoms with Crippen molar-refractivity contribution in [3.63, 3.8) is 0 Å². The van der Waals surface area contributed by atoms with Crippen molar-refractivity contribution < 1.29 is 14.7 Å². The van der Waals surface area contributed by atoms with Crippen LogP contribution in [-0.4, -0.2) is 27.2 Å². The molecule has 0 aliphatic rings. The number of benzene rings is 1. The summed E-state index contributed by atoms with van der Waals surface area (Å²) in [6.07, 6.45) is 2.36. The molecule has 1 amide bonds. The van der Waals surface area contributed by atoms with Crippen LogP contribution in [0.25, 0.3) is 11.3 Å². The molecule has 0 saturated carbocycles. The Kier molecular flexibility index (Phi) is 5.15. The normalized spacial score (nSPS) is 10.4.